The fourth-order valence-corrected chi connectivity index (χ4v) is 2.93. The molecule has 0 aromatic heterocycles. The Hall–Kier alpha value is -0.540. The third-order valence-corrected chi connectivity index (χ3v) is 4.13. The summed E-state index contributed by atoms with van der Waals surface area (Å²) in [5.41, 5.74) is 6.98. The van der Waals surface area contributed by atoms with Crippen molar-refractivity contribution in [1.82, 2.24) is 0 Å². The lowest BCUT2D eigenvalue weighted by Crippen LogP contribution is -2.05. The quantitative estimate of drug-likeness (QED) is 0.868. The molecule has 0 bridgehead atoms. The zero-order valence-corrected chi connectivity index (χ0v) is 10.6. The molecule has 0 aliphatic heterocycles. The normalized spacial score (nSPS) is 27.7. The first-order valence-corrected chi connectivity index (χ1v) is 5.96. The van der Waals surface area contributed by atoms with E-state index in [-0.39, 0.29) is 5.41 Å². The molecule has 1 aromatic rings. The molecule has 0 saturated heterocycles. The van der Waals surface area contributed by atoms with Gasteiger partial charge in [0.1, 0.15) is 5.75 Å². The highest BCUT2D eigenvalue weighted by atomic mass is 79.9. The summed E-state index contributed by atoms with van der Waals surface area (Å²) in [6.45, 7) is 5.10. The lowest BCUT2D eigenvalue weighted by Gasteiger charge is -2.06. The molecule has 2 rings (SSSR count). The Morgan fingerprint density at radius 2 is 2.13 bits per heavy atom. The van der Waals surface area contributed by atoms with E-state index in [4.69, 9.17) is 5.73 Å². The summed E-state index contributed by atoms with van der Waals surface area (Å²) < 4.78 is 0.909. The second-order valence-electron chi connectivity index (χ2n) is 4.84. The molecule has 82 valence electrons. The highest BCUT2D eigenvalue weighted by molar-refractivity contribution is 9.10. The van der Waals surface area contributed by atoms with E-state index in [1.54, 1.807) is 6.07 Å². The first kappa shape index (κ1) is 11.0. The van der Waals surface area contributed by atoms with Gasteiger partial charge in [0, 0.05) is 4.47 Å². The van der Waals surface area contributed by atoms with Crippen LogP contribution in [0.3, 0.4) is 0 Å². The van der Waals surface area contributed by atoms with E-state index in [9.17, 15) is 5.11 Å². The number of hydrogen-bond acceptors (Lipinski definition) is 2. The Labute approximate surface area is 98.6 Å². The summed E-state index contributed by atoms with van der Waals surface area (Å²) in [5, 5.41) is 9.88. The standard InChI is InChI=1S/C12H16BrNO/c1-12(2)9(6-14)11(12)8-4-3-7(13)5-10(8)15/h3-5,9,11,15H,6,14H2,1-2H3/t9-,11-/m1/s1. The van der Waals surface area contributed by atoms with Gasteiger partial charge in [0.05, 0.1) is 0 Å². The molecule has 2 nitrogen and oxygen atoms in total. The maximum Gasteiger partial charge on any atom is 0.120 e. The largest absolute Gasteiger partial charge is 0.508 e. The predicted molar refractivity (Wildman–Crippen MR) is 64.9 cm³/mol. The minimum Gasteiger partial charge on any atom is -0.508 e. The van der Waals surface area contributed by atoms with Gasteiger partial charge in [-0.25, -0.2) is 0 Å². The highest BCUT2D eigenvalue weighted by Gasteiger charge is 2.57. The third-order valence-electron chi connectivity index (χ3n) is 3.63. The molecule has 0 heterocycles. The summed E-state index contributed by atoms with van der Waals surface area (Å²) in [5.74, 6) is 1.26. The molecule has 2 atom stereocenters. The van der Waals surface area contributed by atoms with E-state index in [0.717, 1.165) is 10.0 Å². The Morgan fingerprint density at radius 1 is 1.47 bits per heavy atom. The molecule has 15 heavy (non-hydrogen) atoms. The molecule has 1 saturated carbocycles. The van der Waals surface area contributed by atoms with Crippen LogP contribution >= 0.6 is 15.9 Å². The van der Waals surface area contributed by atoms with Gasteiger partial charge in [-0.3, -0.25) is 0 Å². The molecular formula is C12H16BrNO. The first-order chi connectivity index (χ1) is 6.98. The Morgan fingerprint density at radius 3 is 2.60 bits per heavy atom. The van der Waals surface area contributed by atoms with Crippen molar-refractivity contribution in [3.63, 3.8) is 0 Å². The Kier molecular flexibility index (Phi) is 2.55. The minimum atomic E-state index is 0.222. The second-order valence-corrected chi connectivity index (χ2v) is 5.76. The van der Waals surface area contributed by atoms with Gasteiger partial charge >= 0.3 is 0 Å². The predicted octanol–water partition coefficient (Wildman–Crippen LogP) is 2.85. The van der Waals surface area contributed by atoms with Crippen LogP contribution in [0.25, 0.3) is 0 Å². The fourth-order valence-electron chi connectivity index (χ4n) is 2.58. The molecule has 0 unspecified atom stereocenters. The molecule has 0 amide bonds. The summed E-state index contributed by atoms with van der Waals surface area (Å²) in [6.07, 6.45) is 0. The van der Waals surface area contributed by atoms with Crippen LogP contribution in [-0.4, -0.2) is 11.7 Å². The molecule has 3 heteroatoms. The van der Waals surface area contributed by atoms with Crippen LogP contribution in [0.5, 0.6) is 5.75 Å². The van der Waals surface area contributed by atoms with Gasteiger partial charge in [0.2, 0.25) is 0 Å². The van der Waals surface area contributed by atoms with Crippen molar-refractivity contribution >= 4 is 15.9 Å². The smallest absolute Gasteiger partial charge is 0.120 e. The molecular weight excluding hydrogens is 254 g/mol. The lowest BCUT2D eigenvalue weighted by atomic mass is 10.0. The van der Waals surface area contributed by atoms with Crippen LogP contribution in [0.2, 0.25) is 0 Å². The van der Waals surface area contributed by atoms with Crippen LogP contribution in [0.1, 0.15) is 25.3 Å². The molecule has 0 radical (unpaired) electrons. The third kappa shape index (κ3) is 1.68. The maximum absolute atomic E-state index is 9.88. The van der Waals surface area contributed by atoms with Crippen molar-refractivity contribution in [2.75, 3.05) is 6.54 Å². The van der Waals surface area contributed by atoms with Crippen molar-refractivity contribution in [3.05, 3.63) is 28.2 Å². The Balaban J connectivity index is 2.33. The number of rotatable bonds is 2. The summed E-state index contributed by atoms with van der Waals surface area (Å²) in [6, 6.07) is 5.70. The van der Waals surface area contributed by atoms with E-state index < -0.39 is 0 Å². The van der Waals surface area contributed by atoms with Crippen LogP contribution in [0.4, 0.5) is 0 Å². The van der Waals surface area contributed by atoms with Gasteiger partial charge in [0.25, 0.3) is 0 Å². The summed E-state index contributed by atoms with van der Waals surface area (Å²) in [7, 11) is 0. The first-order valence-electron chi connectivity index (χ1n) is 5.17. The molecule has 1 fully saturated rings. The summed E-state index contributed by atoms with van der Waals surface area (Å²) >= 11 is 3.34. The van der Waals surface area contributed by atoms with Crippen LogP contribution < -0.4 is 5.73 Å². The lowest BCUT2D eigenvalue weighted by molar-refractivity contribution is 0.464. The maximum atomic E-state index is 9.88. The van der Waals surface area contributed by atoms with Gasteiger partial charge < -0.3 is 10.8 Å². The number of halogens is 1. The molecule has 1 aliphatic rings. The average molecular weight is 270 g/mol. The zero-order chi connectivity index (χ0) is 11.2. The van der Waals surface area contributed by atoms with Gasteiger partial charge in [-0.05, 0) is 41.5 Å². The molecule has 0 spiro atoms. The van der Waals surface area contributed by atoms with Gasteiger partial charge in [-0.15, -0.1) is 0 Å². The molecule has 1 aliphatic carbocycles. The minimum absolute atomic E-state index is 0.222. The number of phenolic OH excluding ortho intramolecular Hbond substituents is 1. The van der Waals surface area contributed by atoms with Gasteiger partial charge in [-0.2, -0.15) is 0 Å². The second kappa shape index (κ2) is 3.49. The summed E-state index contributed by atoms with van der Waals surface area (Å²) in [4.78, 5) is 0. The van der Waals surface area contributed by atoms with Gasteiger partial charge in [0.15, 0.2) is 0 Å². The average Bonchev–Trinajstić information content (AvgIpc) is 2.68. The number of phenols is 1. The van der Waals surface area contributed by atoms with Crippen molar-refractivity contribution in [2.24, 2.45) is 17.1 Å². The number of aromatic hydroxyl groups is 1. The zero-order valence-electron chi connectivity index (χ0n) is 9.00. The van der Waals surface area contributed by atoms with E-state index in [1.165, 1.54) is 0 Å². The number of benzene rings is 1. The molecule has 3 N–H and O–H groups in total. The topological polar surface area (TPSA) is 46.2 Å². The van der Waals surface area contributed by atoms with Crippen molar-refractivity contribution < 1.29 is 5.11 Å². The van der Waals surface area contributed by atoms with Crippen LogP contribution in [-0.2, 0) is 0 Å². The number of hydrogen-bond donors (Lipinski definition) is 2. The van der Waals surface area contributed by atoms with E-state index in [1.807, 2.05) is 12.1 Å². The van der Waals surface area contributed by atoms with Crippen LogP contribution in [0.15, 0.2) is 22.7 Å². The van der Waals surface area contributed by atoms with E-state index >= 15 is 0 Å². The van der Waals surface area contributed by atoms with E-state index in [0.29, 0.717) is 24.1 Å². The van der Waals surface area contributed by atoms with Crippen molar-refractivity contribution in [3.8, 4) is 5.75 Å². The monoisotopic (exact) mass is 269 g/mol. The highest BCUT2D eigenvalue weighted by Crippen LogP contribution is 2.65. The number of nitrogens with two attached hydrogens (primary N) is 1. The van der Waals surface area contributed by atoms with Crippen molar-refractivity contribution in [1.29, 1.82) is 0 Å². The van der Waals surface area contributed by atoms with E-state index in [2.05, 4.69) is 29.8 Å². The molecule has 1 aromatic carbocycles. The SMILES string of the molecule is CC1(C)[C@H](CN)[C@H]1c1ccc(Br)cc1O. The van der Waals surface area contributed by atoms with Crippen molar-refractivity contribution in [2.45, 2.75) is 19.8 Å². The Bertz CT molecular complexity index is 389. The fraction of sp³-hybridized carbons (Fsp3) is 0.500. The van der Waals surface area contributed by atoms with Crippen LogP contribution in [0, 0.1) is 11.3 Å². The van der Waals surface area contributed by atoms with Gasteiger partial charge in [-0.1, -0.05) is 35.8 Å².